The van der Waals surface area contributed by atoms with Gasteiger partial charge in [0.1, 0.15) is 0 Å². The molecule has 14 heavy (non-hydrogen) atoms. The van der Waals surface area contributed by atoms with Crippen molar-refractivity contribution >= 4 is 0 Å². The average Bonchev–Trinajstić information content (AvgIpc) is 2.67. The maximum atomic E-state index is 5.49. The minimum Gasteiger partial charge on any atom is -0.383 e. The molecule has 0 aromatic rings. The predicted molar refractivity (Wildman–Crippen MR) is 56.3 cm³/mol. The van der Waals surface area contributed by atoms with Crippen LogP contribution >= 0.6 is 0 Å². The smallest absolute Gasteiger partial charge is 0.0620 e. The van der Waals surface area contributed by atoms with Gasteiger partial charge in [-0.25, -0.2) is 0 Å². The molecule has 1 heterocycles. The molecule has 4 nitrogen and oxygen atoms in total. The Hall–Kier alpha value is -0.160. The summed E-state index contributed by atoms with van der Waals surface area (Å²) < 4.78 is 10.5. The summed E-state index contributed by atoms with van der Waals surface area (Å²) in [6, 6.07) is 0.933. The zero-order valence-electron chi connectivity index (χ0n) is 9.00. The topological polar surface area (TPSA) is 56.5 Å². The highest BCUT2D eigenvalue weighted by molar-refractivity contribution is 4.77. The van der Waals surface area contributed by atoms with Gasteiger partial charge in [0.2, 0.25) is 0 Å². The van der Waals surface area contributed by atoms with Gasteiger partial charge in [-0.05, 0) is 25.8 Å². The van der Waals surface area contributed by atoms with E-state index in [1.54, 1.807) is 7.11 Å². The molecule has 1 saturated heterocycles. The van der Waals surface area contributed by atoms with E-state index in [-0.39, 0.29) is 0 Å². The van der Waals surface area contributed by atoms with Gasteiger partial charge >= 0.3 is 0 Å². The zero-order valence-corrected chi connectivity index (χ0v) is 9.00. The van der Waals surface area contributed by atoms with Crippen LogP contribution in [0.1, 0.15) is 19.3 Å². The van der Waals surface area contributed by atoms with Crippen LogP contribution in [-0.4, -0.2) is 45.6 Å². The van der Waals surface area contributed by atoms with Crippen molar-refractivity contribution in [3.8, 4) is 0 Å². The van der Waals surface area contributed by atoms with E-state index in [0.717, 1.165) is 45.6 Å². The maximum absolute atomic E-state index is 5.49. The molecule has 0 saturated carbocycles. The average molecular weight is 202 g/mol. The van der Waals surface area contributed by atoms with Crippen LogP contribution in [0.15, 0.2) is 0 Å². The number of hydrogen-bond donors (Lipinski definition) is 2. The van der Waals surface area contributed by atoms with Crippen LogP contribution in [0.3, 0.4) is 0 Å². The fourth-order valence-corrected chi connectivity index (χ4v) is 1.78. The fraction of sp³-hybridized carbons (Fsp3) is 1.00. The van der Waals surface area contributed by atoms with Crippen molar-refractivity contribution in [2.75, 3.05) is 33.5 Å². The number of methoxy groups -OCH3 is 1. The van der Waals surface area contributed by atoms with E-state index in [9.17, 15) is 0 Å². The molecule has 0 aliphatic carbocycles. The van der Waals surface area contributed by atoms with Gasteiger partial charge in [0.25, 0.3) is 0 Å². The Morgan fingerprint density at radius 2 is 2.50 bits per heavy atom. The van der Waals surface area contributed by atoms with E-state index in [4.69, 9.17) is 15.2 Å². The van der Waals surface area contributed by atoms with Crippen LogP contribution in [0.5, 0.6) is 0 Å². The number of rotatable bonds is 7. The molecule has 2 unspecified atom stereocenters. The minimum absolute atomic E-state index is 0.426. The number of nitrogens with two attached hydrogens (primary N) is 1. The van der Waals surface area contributed by atoms with Gasteiger partial charge < -0.3 is 20.5 Å². The zero-order chi connectivity index (χ0) is 10.2. The van der Waals surface area contributed by atoms with Crippen molar-refractivity contribution in [2.24, 2.45) is 5.73 Å². The lowest BCUT2D eigenvalue weighted by Gasteiger charge is -2.21. The molecule has 0 spiro atoms. The number of ether oxygens (including phenoxy) is 2. The Bertz CT molecular complexity index is 138. The van der Waals surface area contributed by atoms with E-state index in [1.807, 2.05) is 0 Å². The SMILES string of the molecule is COCC(CCCN)NC1CCOC1. The third-order valence-electron chi connectivity index (χ3n) is 2.53. The van der Waals surface area contributed by atoms with E-state index in [1.165, 1.54) is 0 Å². The summed E-state index contributed by atoms with van der Waals surface area (Å²) >= 11 is 0. The van der Waals surface area contributed by atoms with Crippen molar-refractivity contribution in [3.63, 3.8) is 0 Å². The van der Waals surface area contributed by atoms with Gasteiger partial charge in [-0.1, -0.05) is 0 Å². The highest BCUT2D eigenvalue weighted by Gasteiger charge is 2.19. The predicted octanol–water partition coefficient (Wildman–Crippen LogP) is 0.119. The van der Waals surface area contributed by atoms with Crippen molar-refractivity contribution in [2.45, 2.75) is 31.3 Å². The van der Waals surface area contributed by atoms with Crippen molar-refractivity contribution < 1.29 is 9.47 Å². The van der Waals surface area contributed by atoms with Crippen LogP contribution in [0.25, 0.3) is 0 Å². The van der Waals surface area contributed by atoms with Crippen molar-refractivity contribution in [1.29, 1.82) is 0 Å². The monoisotopic (exact) mass is 202 g/mol. The summed E-state index contributed by atoms with van der Waals surface area (Å²) in [4.78, 5) is 0. The van der Waals surface area contributed by atoms with Crippen LogP contribution in [-0.2, 0) is 9.47 Å². The molecule has 3 N–H and O–H groups in total. The van der Waals surface area contributed by atoms with Gasteiger partial charge in [0, 0.05) is 25.8 Å². The maximum Gasteiger partial charge on any atom is 0.0620 e. The second-order valence-corrected chi connectivity index (χ2v) is 3.81. The van der Waals surface area contributed by atoms with Gasteiger partial charge in [-0.2, -0.15) is 0 Å². The molecule has 0 radical (unpaired) electrons. The van der Waals surface area contributed by atoms with Crippen LogP contribution in [0.2, 0.25) is 0 Å². The quantitative estimate of drug-likeness (QED) is 0.615. The fourth-order valence-electron chi connectivity index (χ4n) is 1.78. The molecule has 0 bridgehead atoms. The third-order valence-corrected chi connectivity index (χ3v) is 2.53. The Labute approximate surface area is 86.1 Å². The van der Waals surface area contributed by atoms with Crippen LogP contribution < -0.4 is 11.1 Å². The molecule has 84 valence electrons. The van der Waals surface area contributed by atoms with E-state index >= 15 is 0 Å². The normalized spacial score (nSPS) is 24.0. The third kappa shape index (κ3) is 4.37. The molecule has 1 aliphatic heterocycles. The molecule has 1 rings (SSSR count). The lowest BCUT2D eigenvalue weighted by molar-refractivity contribution is 0.148. The Kier molecular flexibility index (Phi) is 6.10. The molecule has 0 amide bonds. The summed E-state index contributed by atoms with van der Waals surface area (Å²) in [5.41, 5.74) is 5.49. The lowest BCUT2D eigenvalue weighted by Crippen LogP contribution is -2.41. The Morgan fingerprint density at radius 3 is 3.07 bits per heavy atom. The molecule has 0 aromatic carbocycles. The number of hydrogen-bond acceptors (Lipinski definition) is 4. The highest BCUT2D eigenvalue weighted by Crippen LogP contribution is 2.07. The molecule has 1 fully saturated rings. The molecule has 0 aromatic heterocycles. The van der Waals surface area contributed by atoms with Crippen LogP contribution in [0, 0.1) is 0 Å². The summed E-state index contributed by atoms with van der Waals surface area (Å²) in [5, 5.41) is 3.55. The van der Waals surface area contributed by atoms with Crippen molar-refractivity contribution in [1.82, 2.24) is 5.32 Å². The van der Waals surface area contributed by atoms with Crippen LogP contribution in [0.4, 0.5) is 0 Å². The number of nitrogens with one attached hydrogen (secondary N) is 1. The molecule has 4 heteroatoms. The van der Waals surface area contributed by atoms with Crippen molar-refractivity contribution in [3.05, 3.63) is 0 Å². The summed E-state index contributed by atoms with van der Waals surface area (Å²) in [6.07, 6.45) is 3.25. The minimum atomic E-state index is 0.426. The first kappa shape index (κ1) is 11.9. The Morgan fingerprint density at radius 1 is 1.64 bits per heavy atom. The van der Waals surface area contributed by atoms with Gasteiger partial charge in [0.05, 0.1) is 13.2 Å². The largest absolute Gasteiger partial charge is 0.383 e. The second kappa shape index (κ2) is 7.17. The first-order chi connectivity index (χ1) is 6.86. The molecular formula is C10H22N2O2. The van der Waals surface area contributed by atoms with E-state index < -0.39 is 0 Å². The first-order valence-electron chi connectivity index (χ1n) is 5.39. The summed E-state index contributed by atoms with van der Waals surface area (Å²) in [6.45, 7) is 3.23. The molecule has 2 atom stereocenters. The van der Waals surface area contributed by atoms with E-state index in [0.29, 0.717) is 12.1 Å². The van der Waals surface area contributed by atoms with Gasteiger partial charge in [0.15, 0.2) is 0 Å². The molecular weight excluding hydrogens is 180 g/mol. The Balaban J connectivity index is 2.18. The standard InChI is InChI=1S/C10H22N2O2/c1-13-7-9(3-2-5-11)12-10-4-6-14-8-10/h9-10,12H,2-8,11H2,1H3. The van der Waals surface area contributed by atoms with Gasteiger partial charge in [-0.15, -0.1) is 0 Å². The lowest BCUT2D eigenvalue weighted by atomic mass is 10.1. The van der Waals surface area contributed by atoms with E-state index in [2.05, 4.69) is 5.32 Å². The summed E-state index contributed by atoms with van der Waals surface area (Å²) in [5.74, 6) is 0. The second-order valence-electron chi connectivity index (χ2n) is 3.81. The highest BCUT2D eigenvalue weighted by atomic mass is 16.5. The summed E-state index contributed by atoms with van der Waals surface area (Å²) in [7, 11) is 1.74. The first-order valence-corrected chi connectivity index (χ1v) is 5.39. The molecule has 1 aliphatic rings. The van der Waals surface area contributed by atoms with Gasteiger partial charge in [-0.3, -0.25) is 0 Å².